The summed E-state index contributed by atoms with van der Waals surface area (Å²) in [5.74, 6) is 0. The van der Waals surface area contributed by atoms with Crippen molar-refractivity contribution in [1.82, 2.24) is 9.55 Å². The second-order valence-corrected chi connectivity index (χ2v) is 5.50. The van der Waals surface area contributed by atoms with E-state index in [4.69, 9.17) is 0 Å². The Morgan fingerprint density at radius 3 is 2.82 bits per heavy atom. The molecule has 1 aliphatic carbocycles. The van der Waals surface area contributed by atoms with E-state index in [1.165, 1.54) is 21.4 Å². The molecule has 0 aliphatic heterocycles. The number of thiophene rings is 1. The van der Waals surface area contributed by atoms with E-state index in [2.05, 4.69) is 4.98 Å². The van der Waals surface area contributed by atoms with Crippen LogP contribution in [0.3, 0.4) is 0 Å². The van der Waals surface area contributed by atoms with Crippen LogP contribution in [-0.4, -0.2) is 9.55 Å². The van der Waals surface area contributed by atoms with Gasteiger partial charge in [0, 0.05) is 11.4 Å². The minimum atomic E-state index is -0.288. The topological polar surface area (TPSA) is 54.9 Å². The molecule has 0 radical (unpaired) electrons. The van der Waals surface area contributed by atoms with E-state index in [1.807, 2.05) is 6.92 Å². The molecule has 0 unspecified atom stereocenters. The predicted molar refractivity (Wildman–Crippen MR) is 69.0 cm³/mol. The normalized spacial score (nSPS) is 15.1. The quantitative estimate of drug-likeness (QED) is 0.836. The minimum Gasteiger partial charge on any atom is -0.298 e. The van der Waals surface area contributed by atoms with Crippen molar-refractivity contribution in [3.63, 3.8) is 0 Å². The van der Waals surface area contributed by atoms with Gasteiger partial charge in [-0.3, -0.25) is 14.3 Å². The van der Waals surface area contributed by atoms with Gasteiger partial charge in [-0.05, 0) is 38.2 Å². The Morgan fingerprint density at radius 1 is 1.29 bits per heavy atom. The van der Waals surface area contributed by atoms with Crippen LogP contribution in [0.15, 0.2) is 9.59 Å². The number of aromatic nitrogens is 2. The van der Waals surface area contributed by atoms with E-state index in [1.54, 1.807) is 11.3 Å². The van der Waals surface area contributed by atoms with Crippen LogP contribution in [0.1, 0.15) is 30.2 Å². The number of rotatable bonds is 1. The van der Waals surface area contributed by atoms with E-state index in [-0.39, 0.29) is 11.2 Å². The molecule has 2 aromatic heterocycles. The lowest BCUT2D eigenvalue weighted by Gasteiger charge is -2.10. The van der Waals surface area contributed by atoms with Crippen molar-refractivity contribution < 1.29 is 0 Å². The molecule has 1 aliphatic rings. The highest BCUT2D eigenvalue weighted by atomic mass is 32.1. The standard InChI is InChI=1S/C12H14N2O2S/c1-2-14-11(15)9-7-5-3-4-6-8(7)17-10(9)13-12(14)16/h2-6H2,1H3,(H,13,16). The van der Waals surface area contributed by atoms with Gasteiger partial charge in [0.25, 0.3) is 5.56 Å². The third-order valence-corrected chi connectivity index (χ3v) is 4.62. The summed E-state index contributed by atoms with van der Waals surface area (Å²) >= 11 is 1.58. The summed E-state index contributed by atoms with van der Waals surface area (Å²) in [7, 11) is 0. The Labute approximate surface area is 102 Å². The van der Waals surface area contributed by atoms with Crippen LogP contribution in [0.5, 0.6) is 0 Å². The van der Waals surface area contributed by atoms with E-state index >= 15 is 0 Å². The molecule has 2 aromatic rings. The smallest absolute Gasteiger partial charge is 0.298 e. The number of nitrogens with zero attached hydrogens (tertiary/aromatic N) is 1. The Kier molecular flexibility index (Phi) is 2.43. The second-order valence-electron chi connectivity index (χ2n) is 4.39. The lowest BCUT2D eigenvalue weighted by molar-refractivity contribution is 0.678. The summed E-state index contributed by atoms with van der Waals surface area (Å²) in [5.41, 5.74) is 0.772. The third-order valence-electron chi connectivity index (χ3n) is 3.41. The molecule has 0 fully saturated rings. The summed E-state index contributed by atoms with van der Waals surface area (Å²) in [5, 5.41) is 0.756. The Balaban J connectivity index is 2.45. The molecular weight excluding hydrogens is 236 g/mol. The highest BCUT2D eigenvalue weighted by molar-refractivity contribution is 7.18. The SMILES string of the molecule is CCn1c(=O)[nH]c2sc3c(c2c1=O)CCCC3. The van der Waals surface area contributed by atoms with Crippen LogP contribution >= 0.6 is 11.3 Å². The summed E-state index contributed by atoms with van der Waals surface area (Å²) in [6.07, 6.45) is 4.35. The van der Waals surface area contributed by atoms with Gasteiger partial charge in [0.1, 0.15) is 4.83 Å². The van der Waals surface area contributed by atoms with Crippen molar-refractivity contribution in [3.05, 3.63) is 31.3 Å². The first kappa shape index (κ1) is 10.8. The molecule has 4 nitrogen and oxygen atoms in total. The highest BCUT2D eigenvalue weighted by Gasteiger charge is 2.20. The average Bonchev–Trinajstić information content (AvgIpc) is 2.67. The van der Waals surface area contributed by atoms with Gasteiger partial charge in [-0.2, -0.15) is 0 Å². The Morgan fingerprint density at radius 2 is 2.06 bits per heavy atom. The first-order chi connectivity index (χ1) is 8.22. The minimum absolute atomic E-state index is 0.120. The van der Waals surface area contributed by atoms with E-state index in [9.17, 15) is 9.59 Å². The van der Waals surface area contributed by atoms with Crippen molar-refractivity contribution in [3.8, 4) is 0 Å². The predicted octanol–water partition coefficient (Wildman–Crippen LogP) is 1.65. The summed E-state index contributed by atoms with van der Waals surface area (Å²) < 4.78 is 1.28. The molecule has 3 rings (SSSR count). The van der Waals surface area contributed by atoms with E-state index < -0.39 is 0 Å². The van der Waals surface area contributed by atoms with Crippen LogP contribution in [0, 0.1) is 0 Å². The molecule has 5 heteroatoms. The largest absolute Gasteiger partial charge is 0.329 e. The first-order valence-electron chi connectivity index (χ1n) is 5.99. The maximum absolute atomic E-state index is 12.3. The maximum Gasteiger partial charge on any atom is 0.329 e. The van der Waals surface area contributed by atoms with E-state index in [0.29, 0.717) is 6.54 Å². The number of hydrogen-bond acceptors (Lipinski definition) is 3. The molecule has 0 amide bonds. The molecule has 0 saturated heterocycles. The average molecular weight is 250 g/mol. The number of hydrogen-bond donors (Lipinski definition) is 1. The molecular formula is C12H14N2O2S. The van der Waals surface area contributed by atoms with Gasteiger partial charge in [-0.15, -0.1) is 11.3 Å². The van der Waals surface area contributed by atoms with Gasteiger partial charge >= 0.3 is 5.69 Å². The Bertz CT molecular complexity index is 693. The third kappa shape index (κ3) is 1.49. The van der Waals surface area contributed by atoms with Crippen molar-refractivity contribution in [2.45, 2.75) is 39.2 Å². The van der Waals surface area contributed by atoms with Crippen molar-refractivity contribution in [2.75, 3.05) is 0 Å². The maximum atomic E-state index is 12.3. The summed E-state index contributed by atoms with van der Waals surface area (Å²) in [4.78, 5) is 28.9. The van der Waals surface area contributed by atoms with Crippen LogP contribution in [0.4, 0.5) is 0 Å². The molecule has 17 heavy (non-hydrogen) atoms. The van der Waals surface area contributed by atoms with Crippen LogP contribution in [0.2, 0.25) is 0 Å². The first-order valence-corrected chi connectivity index (χ1v) is 6.81. The zero-order chi connectivity index (χ0) is 12.0. The number of aromatic amines is 1. The fraction of sp³-hybridized carbons (Fsp3) is 0.500. The summed E-state index contributed by atoms with van der Waals surface area (Å²) in [6.45, 7) is 2.25. The number of nitrogens with one attached hydrogen (secondary N) is 1. The van der Waals surface area contributed by atoms with Gasteiger partial charge in [0.15, 0.2) is 0 Å². The Hall–Kier alpha value is -1.36. The fourth-order valence-electron chi connectivity index (χ4n) is 2.56. The van der Waals surface area contributed by atoms with Gasteiger partial charge in [0.2, 0.25) is 0 Å². The van der Waals surface area contributed by atoms with Crippen LogP contribution in [0.25, 0.3) is 10.2 Å². The van der Waals surface area contributed by atoms with Crippen molar-refractivity contribution >= 4 is 21.6 Å². The van der Waals surface area contributed by atoms with Gasteiger partial charge in [0.05, 0.1) is 5.39 Å². The van der Waals surface area contributed by atoms with Crippen molar-refractivity contribution in [1.29, 1.82) is 0 Å². The molecule has 0 atom stereocenters. The zero-order valence-corrected chi connectivity index (χ0v) is 10.5. The van der Waals surface area contributed by atoms with Gasteiger partial charge < -0.3 is 0 Å². The lowest BCUT2D eigenvalue weighted by atomic mass is 9.97. The van der Waals surface area contributed by atoms with Crippen LogP contribution in [-0.2, 0) is 19.4 Å². The van der Waals surface area contributed by atoms with E-state index in [0.717, 1.165) is 29.5 Å². The molecule has 90 valence electrons. The molecule has 1 N–H and O–H groups in total. The molecule has 2 heterocycles. The number of aryl methyl sites for hydroxylation is 2. The van der Waals surface area contributed by atoms with Crippen LogP contribution < -0.4 is 11.2 Å². The second kappa shape index (κ2) is 3.84. The lowest BCUT2D eigenvalue weighted by Crippen LogP contribution is -2.34. The zero-order valence-electron chi connectivity index (χ0n) is 9.71. The van der Waals surface area contributed by atoms with Gasteiger partial charge in [-0.1, -0.05) is 0 Å². The fourth-order valence-corrected chi connectivity index (χ4v) is 3.83. The monoisotopic (exact) mass is 250 g/mol. The molecule has 0 aromatic carbocycles. The van der Waals surface area contributed by atoms with Gasteiger partial charge in [-0.25, -0.2) is 4.79 Å². The molecule has 0 bridgehead atoms. The number of H-pyrrole nitrogens is 1. The molecule has 0 spiro atoms. The summed E-state index contributed by atoms with van der Waals surface area (Å²) in [6, 6.07) is 0. The number of fused-ring (bicyclic) bond motifs is 3. The highest BCUT2D eigenvalue weighted by Crippen LogP contribution is 2.32. The molecule has 0 saturated carbocycles. The van der Waals surface area contributed by atoms with Crippen molar-refractivity contribution in [2.24, 2.45) is 0 Å².